The van der Waals surface area contributed by atoms with Crippen molar-refractivity contribution in [1.29, 1.82) is 0 Å². The van der Waals surface area contributed by atoms with Crippen LogP contribution in [0.4, 0.5) is 0 Å². The predicted molar refractivity (Wildman–Crippen MR) is 88.0 cm³/mol. The molecule has 0 aliphatic rings. The summed E-state index contributed by atoms with van der Waals surface area (Å²) in [5, 5.41) is 32.3. The minimum Gasteiger partial charge on any atom is -0.396 e. The molecule has 0 aromatic carbocycles. The Morgan fingerprint density at radius 3 is 0.571 bits per heavy atom. The first kappa shape index (κ1) is 33.1. The van der Waals surface area contributed by atoms with Crippen LogP contribution in [0.1, 0.15) is 79.1 Å². The molecule has 134 valence electrons. The Labute approximate surface area is 143 Å². The zero-order chi connectivity index (χ0) is 16.5. The van der Waals surface area contributed by atoms with Crippen molar-refractivity contribution < 1.29 is 37.8 Å². The minimum atomic E-state index is 0. The third kappa shape index (κ3) is 98.1. The summed E-state index contributed by atoms with van der Waals surface area (Å²) in [5.41, 5.74) is 0. The molecule has 4 nitrogen and oxygen atoms in total. The van der Waals surface area contributed by atoms with Gasteiger partial charge in [-0.1, -0.05) is 53.4 Å². The second kappa shape index (κ2) is 49.9. The molecule has 0 amide bonds. The fourth-order valence-corrected chi connectivity index (χ4v) is 0.632. The zero-order valence-electron chi connectivity index (χ0n) is 14.7. The molecule has 0 aromatic heterocycles. The molecule has 0 fully saturated rings. The standard InChI is InChI=1S/4C4H10O.Cr/c4*1-2-3-4-5;/h4*5H,2-4H2,1H3;. The summed E-state index contributed by atoms with van der Waals surface area (Å²) in [6.07, 6.45) is 8.15. The van der Waals surface area contributed by atoms with Gasteiger partial charge < -0.3 is 20.4 Å². The van der Waals surface area contributed by atoms with Crippen LogP contribution in [0.25, 0.3) is 0 Å². The third-order valence-corrected chi connectivity index (χ3v) is 2.05. The molecular weight excluding hydrogens is 308 g/mol. The second-order valence-electron chi connectivity index (χ2n) is 4.31. The molecule has 0 unspecified atom stereocenters. The molecule has 0 spiro atoms. The van der Waals surface area contributed by atoms with Crippen molar-refractivity contribution in [2.45, 2.75) is 79.1 Å². The Morgan fingerprint density at radius 2 is 0.571 bits per heavy atom. The number of hydrogen-bond donors (Lipinski definition) is 4. The van der Waals surface area contributed by atoms with Crippen LogP contribution in [0.2, 0.25) is 0 Å². The molecule has 0 heterocycles. The summed E-state index contributed by atoms with van der Waals surface area (Å²) in [4.78, 5) is 0. The predicted octanol–water partition coefficient (Wildman–Crippen LogP) is 3.11. The monoisotopic (exact) mass is 348 g/mol. The molecule has 0 bridgehead atoms. The molecule has 0 atom stereocenters. The normalized spacial score (nSPS) is 8.00. The van der Waals surface area contributed by atoms with Crippen LogP contribution in [0, 0.1) is 0 Å². The molecule has 0 aromatic rings. The van der Waals surface area contributed by atoms with Crippen molar-refractivity contribution >= 4 is 0 Å². The van der Waals surface area contributed by atoms with E-state index in [1.165, 1.54) is 0 Å². The number of aliphatic hydroxyl groups excluding tert-OH is 4. The molecule has 0 aliphatic carbocycles. The van der Waals surface area contributed by atoms with Crippen LogP contribution >= 0.6 is 0 Å². The quantitative estimate of drug-likeness (QED) is 0.543. The van der Waals surface area contributed by atoms with E-state index in [1.54, 1.807) is 0 Å². The van der Waals surface area contributed by atoms with Crippen molar-refractivity contribution in [3.63, 3.8) is 0 Å². The Kier molecular flexibility index (Phi) is 78.7. The van der Waals surface area contributed by atoms with Gasteiger partial charge in [-0.15, -0.1) is 0 Å². The summed E-state index contributed by atoms with van der Waals surface area (Å²) in [7, 11) is 0. The van der Waals surface area contributed by atoms with E-state index in [9.17, 15) is 0 Å². The van der Waals surface area contributed by atoms with Crippen molar-refractivity contribution in [1.82, 2.24) is 0 Å². The molecule has 21 heavy (non-hydrogen) atoms. The van der Waals surface area contributed by atoms with Crippen LogP contribution in [0.3, 0.4) is 0 Å². The molecule has 5 heteroatoms. The average Bonchev–Trinajstić information content (AvgIpc) is 2.44. The van der Waals surface area contributed by atoms with Crippen molar-refractivity contribution in [3.8, 4) is 0 Å². The van der Waals surface area contributed by atoms with E-state index in [-0.39, 0.29) is 17.4 Å². The first-order valence-corrected chi connectivity index (χ1v) is 8.09. The smallest absolute Gasteiger partial charge is 0.0430 e. The van der Waals surface area contributed by atoms with E-state index in [2.05, 4.69) is 27.7 Å². The van der Waals surface area contributed by atoms with E-state index >= 15 is 0 Å². The van der Waals surface area contributed by atoms with Crippen LogP contribution in [-0.4, -0.2) is 46.9 Å². The fraction of sp³-hybridized carbons (Fsp3) is 1.00. The average molecular weight is 348 g/mol. The maximum Gasteiger partial charge on any atom is 0.0430 e. The van der Waals surface area contributed by atoms with Crippen LogP contribution < -0.4 is 0 Å². The second-order valence-corrected chi connectivity index (χ2v) is 4.31. The van der Waals surface area contributed by atoms with Crippen LogP contribution in [0.5, 0.6) is 0 Å². The first-order chi connectivity index (χ1) is 9.66. The van der Waals surface area contributed by atoms with Gasteiger partial charge in [-0.2, -0.15) is 0 Å². The fourth-order valence-electron chi connectivity index (χ4n) is 0.632. The molecule has 0 saturated heterocycles. The number of rotatable bonds is 8. The van der Waals surface area contributed by atoms with Gasteiger partial charge in [0.15, 0.2) is 0 Å². The van der Waals surface area contributed by atoms with E-state index < -0.39 is 0 Å². The Bertz CT molecular complexity index is 74.3. The van der Waals surface area contributed by atoms with Gasteiger partial charge in [0.1, 0.15) is 0 Å². The Balaban J connectivity index is -0.0000000533. The van der Waals surface area contributed by atoms with Crippen molar-refractivity contribution in [2.75, 3.05) is 26.4 Å². The number of unbranched alkanes of at least 4 members (excludes halogenated alkanes) is 4. The molecule has 0 aliphatic heterocycles. The third-order valence-electron chi connectivity index (χ3n) is 2.05. The Hall–Kier alpha value is 0.372. The van der Waals surface area contributed by atoms with Crippen molar-refractivity contribution in [3.05, 3.63) is 0 Å². The molecule has 4 N–H and O–H groups in total. The van der Waals surface area contributed by atoms with Gasteiger partial charge in [-0.05, 0) is 25.7 Å². The first-order valence-electron chi connectivity index (χ1n) is 8.09. The number of hydrogen-bond acceptors (Lipinski definition) is 4. The number of aliphatic hydroxyl groups is 4. The van der Waals surface area contributed by atoms with Gasteiger partial charge in [0, 0.05) is 43.8 Å². The SMILES string of the molecule is CCCCO.CCCCO.CCCCO.CCCCO.[Cr]. The van der Waals surface area contributed by atoms with E-state index in [0.29, 0.717) is 26.4 Å². The molecule has 0 rings (SSSR count). The maximum atomic E-state index is 8.07. The topological polar surface area (TPSA) is 80.9 Å². The molecule has 0 saturated carbocycles. The Morgan fingerprint density at radius 1 is 0.429 bits per heavy atom. The van der Waals surface area contributed by atoms with Gasteiger partial charge in [-0.25, -0.2) is 0 Å². The van der Waals surface area contributed by atoms with E-state index in [4.69, 9.17) is 20.4 Å². The van der Waals surface area contributed by atoms with Gasteiger partial charge in [0.25, 0.3) is 0 Å². The summed E-state index contributed by atoms with van der Waals surface area (Å²) in [6.45, 7) is 9.58. The van der Waals surface area contributed by atoms with Gasteiger partial charge in [0.2, 0.25) is 0 Å². The van der Waals surface area contributed by atoms with Gasteiger partial charge >= 0.3 is 0 Å². The van der Waals surface area contributed by atoms with Crippen molar-refractivity contribution in [2.24, 2.45) is 0 Å². The minimum absolute atomic E-state index is 0. The van der Waals surface area contributed by atoms with Gasteiger partial charge in [-0.3, -0.25) is 0 Å². The van der Waals surface area contributed by atoms with E-state index in [1.807, 2.05) is 0 Å². The summed E-state index contributed by atoms with van der Waals surface area (Å²) in [6, 6.07) is 0. The molecular formula is C16H40CrO4. The molecule has 0 radical (unpaired) electrons. The van der Waals surface area contributed by atoms with Crippen LogP contribution in [0.15, 0.2) is 0 Å². The maximum absolute atomic E-state index is 8.07. The van der Waals surface area contributed by atoms with Crippen LogP contribution in [-0.2, 0) is 17.4 Å². The summed E-state index contributed by atoms with van der Waals surface area (Å²) in [5.74, 6) is 0. The zero-order valence-corrected chi connectivity index (χ0v) is 16.0. The van der Waals surface area contributed by atoms with Gasteiger partial charge in [0.05, 0.1) is 0 Å². The van der Waals surface area contributed by atoms with E-state index in [0.717, 1.165) is 51.4 Å². The summed E-state index contributed by atoms with van der Waals surface area (Å²) >= 11 is 0. The largest absolute Gasteiger partial charge is 0.396 e. The summed E-state index contributed by atoms with van der Waals surface area (Å²) < 4.78 is 0.